The van der Waals surface area contributed by atoms with Crippen molar-refractivity contribution in [2.75, 3.05) is 19.6 Å². The molecule has 2 atom stereocenters. The molecule has 2 saturated heterocycles. The van der Waals surface area contributed by atoms with Crippen LogP contribution in [0.5, 0.6) is 0 Å². The molecule has 2 N–H and O–H groups in total. The molecule has 2 aliphatic rings. The fraction of sp³-hybridized carbons (Fsp3) is 0.706. The van der Waals surface area contributed by atoms with E-state index in [0.717, 1.165) is 16.2 Å². The number of hydrogen-bond acceptors (Lipinski definition) is 6. The Kier molecular flexibility index (Phi) is 6.07. The molecule has 0 saturated carbocycles. The highest BCUT2D eigenvalue weighted by Crippen LogP contribution is 2.24. The number of nitrogens with one attached hydrogen (secondary N) is 2. The number of urea groups is 2. The van der Waals surface area contributed by atoms with Gasteiger partial charge in [-0.25, -0.2) is 9.59 Å². The van der Waals surface area contributed by atoms with E-state index < -0.39 is 48.0 Å². The Labute approximate surface area is 157 Å². The van der Waals surface area contributed by atoms with E-state index in [1.807, 2.05) is 13.8 Å². The van der Waals surface area contributed by atoms with Crippen molar-refractivity contribution in [3.8, 4) is 0 Å². The lowest BCUT2D eigenvalue weighted by Crippen LogP contribution is -2.45. The third-order valence-electron chi connectivity index (χ3n) is 4.63. The molecule has 0 aromatic carbocycles. The Morgan fingerprint density at radius 3 is 2.41 bits per heavy atom. The topological polar surface area (TPSA) is 125 Å². The molecule has 10 nitrogen and oxygen atoms in total. The van der Waals surface area contributed by atoms with E-state index in [-0.39, 0.29) is 6.54 Å². The van der Waals surface area contributed by atoms with Gasteiger partial charge in [-0.2, -0.15) is 0 Å². The number of carbonyl (C=O) groups is 5. The number of rotatable bonds is 7. The van der Waals surface area contributed by atoms with Gasteiger partial charge in [-0.3, -0.25) is 24.2 Å². The number of nitrogens with zero attached hydrogens (tertiary/aromatic N) is 2. The van der Waals surface area contributed by atoms with Crippen LogP contribution in [0.3, 0.4) is 0 Å². The van der Waals surface area contributed by atoms with E-state index in [9.17, 15) is 24.0 Å². The van der Waals surface area contributed by atoms with Crippen LogP contribution in [-0.4, -0.2) is 70.9 Å². The summed E-state index contributed by atoms with van der Waals surface area (Å²) in [5.41, 5.74) is -1.06. The number of amides is 6. The number of esters is 1. The zero-order valence-electron chi connectivity index (χ0n) is 16.0. The van der Waals surface area contributed by atoms with E-state index in [4.69, 9.17) is 4.74 Å². The molecule has 2 fully saturated rings. The minimum Gasteiger partial charge on any atom is -0.451 e. The van der Waals surface area contributed by atoms with E-state index in [1.165, 1.54) is 6.92 Å². The van der Waals surface area contributed by atoms with Crippen LogP contribution in [0.1, 0.15) is 40.5 Å². The second-order valence-corrected chi connectivity index (χ2v) is 7.44. The van der Waals surface area contributed by atoms with Crippen LogP contribution in [0.25, 0.3) is 0 Å². The fourth-order valence-electron chi connectivity index (χ4n) is 2.95. The third-order valence-corrected chi connectivity index (χ3v) is 4.63. The smallest absolute Gasteiger partial charge is 0.327 e. The molecule has 6 amide bonds. The summed E-state index contributed by atoms with van der Waals surface area (Å²) in [4.78, 5) is 62.2. The van der Waals surface area contributed by atoms with Crippen LogP contribution in [-0.2, 0) is 19.1 Å². The number of hydrogen-bond donors (Lipinski definition) is 2. The van der Waals surface area contributed by atoms with Gasteiger partial charge in [0.15, 0.2) is 6.10 Å². The lowest BCUT2D eigenvalue weighted by atomic mass is 9.92. The second-order valence-electron chi connectivity index (χ2n) is 7.44. The maximum Gasteiger partial charge on any atom is 0.327 e. The molecule has 0 bridgehead atoms. The molecule has 10 heteroatoms. The van der Waals surface area contributed by atoms with Crippen molar-refractivity contribution in [3.63, 3.8) is 0 Å². The summed E-state index contributed by atoms with van der Waals surface area (Å²) < 4.78 is 5.01. The van der Waals surface area contributed by atoms with E-state index >= 15 is 0 Å². The van der Waals surface area contributed by atoms with Crippen molar-refractivity contribution < 1.29 is 28.7 Å². The van der Waals surface area contributed by atoms with Crippen LogP contribution in [0.4, 0.5) is 9.59 Å². The normalized spacial score (nSPS) is 23.5. The zero-order valence-corrected chi connectivity index (χ0v) is 16.0. The van der Waals surface area contributed by atoms with Gasteiger partial charge in [0.05, 0.1) is 0 Å². The average molecular weight is 382 g/mol. The molecule has 0 spiro atoms. The van der Waals surface area contributed by atoms with Crippen molar-refractivity contribution in [1.82, 2.24) is 20.4 Å². The van der Waals surface area contributed by atoms with Crippen LogP contribution < -0.4 is 10.6 Å². The molecule has 27 heavy (non-hydrogen) atoms. The van der Waals surface area contributed by atoms with E-state index in [0.29, 0.717) is 18.9 Å². The first-order chi connectivity index (χ1) is 12.5. The molecule has 2 aliphatic heterocycles. The first-order valence-corrected chi connectivity index (χ1v) is 8.98. The van der Waals surface area contributed by atoms with Crippen LogP contribution >= 0.6 is 0 Å². The van der Waals surface area contributed by atoms with Gasteiger partial charge in [0.2, 0.25) is 0 Å². The van der Waals surface area contributed by atoms with Crippen molar-refractivity contribution in [1.29, 1.82) is 0 Å². The van der Waals surface area contributed by atoms with Gasteiger partial charge < -0.3 is 15.4 Å². The Morgan fingerprint density at radius 2 is 1.85 bits per heavy atom. The molecule has 0 aliphatic carbocycles. The van der Waals surface area contributed by atoms with Crippen LogP contribution in [0, 0.1) is 5.92 Å². The summed E-state index contributed by atoms with van der Waals surface area (Å²) in [5, 5.41) is 5.10. The molecular formula is C17H26N4O6. The van der Waals surface area contributed by atoms with Crippen molar-refractivity contribution in [2.45, 2.75) is 52.2 Å². The summed E-state index contributed by atoms with van der Waals surface area (Å²) in [7, 11) is 0. The van der Waals surface area contributed by atoms with Gasteiger partial charge in [-0.1, -0.05) is 13.8 Å². The van der Waals surface area contributed by atoms with Gasteiger partial charge in [0.1, 0.15) is 12.1 Å². The van der Waals surface area contributed by atoms with Crippen molar-refractivity contribution in [3.05, 3.63) is 0 Å². The fourth-order valence-corrected chi connectivity index (χ4v) is 2.95. The monoisotopic (exact) mass is 382 g/mol. The Hall–Kier alpha value is -2.65. The first kappa shape index (κ1) is 20.7. The minimum atomic E-state index is -1.20. The maximum absolute atomic E-state index is 12.6. The molecule has 150 valence electrons. The Bertz CT molecular complexity index is 664. The van der Waals surface area contributed by atoms with Gasteiger partial charge in [-0.05, 0) is 32.6 Å². The third kappa shape index (κ3) is 4.55. The highest BCUT2D eigenvalue weighted by Gasteiger charge is 2.48. The maximum atomic E-state index is 12.6. The van der Waals surface area contributed by atoms with Crippen molar-refractivity contribution in [2.24, 2.45) is 5.92 Å². The first-order valence-electron chi connectivity index (χ1n) is 8.98. The number of carbonyl (C=O) groups excluding carboxylic acids is 5. The quantitative estimate of drug-likeness (QED) is 0.479. The SMILES string of the molecule is CC(C)CC[C@@]1(C)NC(=O)N(CC(=O)O[C@@H](C)C(=O)N2CCNC2=O)C1=O. The Balaban J connectivity index is 1.93. The van der Waals surface area contributed by atoms with Gasteiger partial charge in [-0.15, -0.1) is 0 Å². The number of imide groups is 2. The second kappa shape index (κ2) is 7.93. The summed E-state index contributed by atoms with van der Waals surface area (Å²) >= 11 is 0. The lowest BCUT2D eigenvalue weighted by molar-refractivity contribution is -0.159. The molecule has 0 aromatic heterocycles. The van der Waals surface area contributed by atoms with E-state index in [2.05, 4.69) is 10.6 Å². The molecule has 2 rings (SSSR count). The molecule has 0 aromatic rings. The standard InChI is InChI=1S/C17H26N4O6/c1-10(2)5-6-17(4)14(24)21(16(26)19-17)9-12(22)27-11(3)13(23)20-8-7-18-15(20)25/h10-11H,5-9H2,1-4H3,(H,18,25)(H,19,26)/t11-,17+/m0/s1. The summed E-state index contributed by atoms with van der Waals surface area (Å²) in [5.74, 6) is -1.69. The van der Waals surface area contributed by atoms with Crippen LogP contribution in [0.2, 0.25) is 0 Å². The highest BCUT2D eigenvalue weighted by molar-refractivity contribution is 6.08. The van der Waals surface area contributed by atoms with Gasteiger partial charge >= 0.3 is 18.0 Å². The lowest BCUT2D eigenvalue weighted by Gasteiger charge is -2.22. The molecule has 0 radical (unpaired) electrons. The minimum absolute atomic E-state index is 0.195. The molecule has 0 unspecified atom stereocenters. The average Bonchev–Trinajstić information content (AvgIpc) is 3.09. The Morgan fingerprint density at radius 1 is 1.19 bits per heavy atom. The molecule has 2 heterocycles. The predicted octanol–water partition coefficient (Wildman–Crippen LogP) is 0.217. The van der Waals surface area contributed by atoms with Gasteiger partial charge in [0.25, 0.3) is 11.8 Å². The molecular weight excluding hydrogens is 356 g/mol. The van der Waals surface area contributed by atoms with Crippen LogP contribution in [0.15, 0.2) is 0 Å². The zero-order chi connectivity index (χ0) is 20.4. The van der Waals surface area contributed by atoms with Crippen molar-refractivity contribution >= 4 is 29.8 Å². The number of ether oxygens (including phenoxy) is 1. The highest BCUT2D eigenvalue weighted by atomic mass is 16.5. The summed E-state index contributed by atoms with van der Waals surface area (Å²) in [6.07, 6.45) is -0.00119. The largest absolute Gasteiger partial charge is 0.451 e. The van der Waals surface area contributed by atoms with E-state index in [1.54, 1.807) is 6.92 Å². The summed E-state index contributed by atoms with van der Waals surface area (Å²) in [6, 6.07) is -1.21. The van der Waals surface area contributed by atoms with Gasteiger partial charge in [0, 0.05) is 13.1 Å². The predicted molar refractivity (Wildman–Crippen MR) is 93.4 cm³/mol. The summed E-state index contributed by atoms with van der Waals surface area (Å²) in [6.45, 7) is 6.93.